The maximum Gasteiger partial charge on any atom is 0.267 e. The number of para-hydroxylation sites is 2. The summed E-state index contributed by atoms with van der Waals surface area (Å²) >= 11 is 0. The highest BCUT2D eigenvalue weighted by molar-refractivity contribution is 6.02. The van der Waals surface area contributed by atoms with Crippen molar-refractivity contribution in [1.29, 1.82) is 0 Å². The largest absolute Gasteiger partial charge is 0.497 e. The molecule has 0 aliphatic carbocycles. The van der Waals surface area contributed by atoms with E-state index in [0.29, 0.717) is 5.69 Å². The van der Waals surface area contributed by atoms with Crippen LogP contribution in [0.15, 0.2) is 102 Å². The number of nitrogens with zero attached hydrogens (tertiary/aromatic N) is 3. The maximum absolute atomic E-state index is 13.6. The van der Waals surface area contributed by atoms with E-state index in [1.807, 2.05) is 84.9 Å². The third-order valence-electron chi connectivity index (χ3n) is 5.18. The minimum Gasteiger partial charge on any atom is -0.497 e. The van der Waals surface area contributed by atoms with Crippen LogP contribution in [-0.4, -0.2) is 22.8 Å². The van der Waals surface area contributed by atoms with Gasteiger partial charge < -0.3 is 4.74 Å². The SMILES string of the molecule is COc1ccc(-c2ccc(=O)n(C(C)C(=O)N(c3ccccc3)c3ccccc3)n2)cc1. The minimum atomic E-state index is -0.818. The van der Waals surface area contributed by atoms with Gasteiger partial charge in [-0.25, -0.2) is 4.68 Å². The van der Waals surface area contributed by atoms with Crippen LogP contribution in [0.2, 0.25) is 0 Å². The van der Waals surface area contributed by atoms with E-state index in [0.717, 1.165) is 22.7 Å². The fourth-order valence-electron chi connectivity index (χ4n) is 3.47. The van der Waals surface area contributed by atoms with Gasteiger partial charge >= 0.3 is 0 Å². The molecule has 1 unspecified atom stereocenters. The summed E-state index contributed by atoms with van der Waals surface area (Å²) in [7, 11) is 1.60. The first-order valence-corrected chi connectivity index (χ1v) is 10.3. The lowest BCUT2D eigenvalue weighted by molar-refractivity contribution is -0.120. The molecule has 0 fully saturated rings. The molecule has 0 aliphatic heterocycles. The van der Waals surface area contributed by atoms with E-state index in [4.69, 9.17) is 4.74 Å². The van der Waals surface area contributed by atoms with Gasteiger partial charge in [0.1, 0.15) is 11.8 Å². The van der Waals surface area contributed by atoms with Gasteiger partial charge in [0.2, 0.25) is 0 Å². The van der Waals surface area contributed by atoms with Crippen molar-refractivity contribution in [2.24, 2.45) is 0 Å². The Hall–Kier alpha value is -4.19. The molecule has 1 aromatic heterocycles. The molecule has 0 saturated heterocycles. The number of hydrogen-bond acceptors (Lipinski definition) is 4. The number of benzene rings is 3. The summed E-state index contributed by atoms with van der Waals surface area (Å²) in [5, 5.41) is 4.50. The highest BCUT2D eigenvalue weighted by Gasteiger charge is 2.26. The van der Waals surface area contributed by atoms with Crippen LogP contribution in [0, 0.1) is 0 Å². The van der Waals surface area contributed by atoms with Gasteiger partial charge in [0, 0.05) is 23.0 Å². The smallest absolute Gasteiger partial charge is 0.267 e. The second-order valence-corrected chi connectivity index (χ2v) is 7.25. The Morgan fingerprint density at radius 1 is 0.844 bits per heavy atom. The van der Waals surface area contributed by atoms with E-state index >= 15 is 0 Å². The monoisotopic (exact) mass is 425 g/mol. The lowest BCUT2D eigenvalue weighted by atomic mass is 10.1. The number of anilines is 2. The predicted octanol–water partition coefficient (Wildman–Crippen LogP) is 4.84. The molecule has 0 aliphatic rings. The number of carbonyl (C=O) groups is 1. The van der Waals surface area contributed by atoms with Crippen molar-refractivity contribution in [3.8, 4) is 17.0 Å². The van der Waals surface area contributed by atoms with Gasteiger partial charge in [0.15, 0.2) is 0 Å². The Kier molecular flexibility index (Phi) is 6.12. The number of aromatic nitrogens is 2. The lowest BCUT2D eigenvalue weighted by Gasteiger charge is -2.26. The van der Waals surface area contributed by atoms with Crippen molar-refractivity contribution in [3.05, 3.63) is 107 Å². The van der Waals surface area contributed by atoms with Gasteiger partial charge in [0.05, 0.1) is 12.8 Å². The van der Waals surface area contributed by atoms with Crippen LogP contribution in [0.5, 0.6) is 5.75 Å². The molecule has 0 saturated carbocycles. The van der Waals surface area contributed by atoms with Crippen molar-refractivity contribution < 1.29 is 9.53 Å². The van der Waals surface area contributed by atoms with E-state index in [-0.39, 0.29) is 11.5 Å². The normalized spacial score (nSPS) is 11.6. The average Bonchev–Trinajstić information content (AvgIpc) is 2.85. The van der Waals surface area contributed by atoms with Crippen molar-refractivity contribution in [2.75, 3.05) is 12.0 Å². The Morgan fingerprint density at radius 3 is 1.94 bits per heavy atom. The van der Waals surface area contributed by atoms with Gasteiger partial charge in [-0.1, -0.05) is 36.4 Å². The van der Waals surface area contributed by atoms with Gasteiger partial charge in [-0.2, -0.15) is 5.10 Å². The quantitative estimate of drug-likeness (QED) is 0.443. The molecule has 160 valence electrons. The van der Waals surface area contributed by atoms with Crippen LogP contribution in [0.3, 0.4) is 0 Å². The van der Waals surface area contributed by atoms with Crippen LogP contribution in [0.25, 0.3) is 11.3 Å². The summed E-state index contributed by atoms with van der Waals surface area (Å²) in [5.41, 5.74) is 2.51. The summed E-state index contributed by atoms with van der Waals surface area (Å²) in [6.07, 6.45) is 0. The summed E-state index contributed by atoms with van der Waals surface area (Å²) in [5.74, 6) is 0.468. The van der Waals surface area contributed by atoms with Gasteiger partial charge in [-0.05, 0) is 61.5 Å². The highest BCUT2D eigenvalue weighted by atomic mass is 16.5. The zero-order valence-corrected chi connectivity index (χ0v) is 17.9. The van der Waals surface area contributed by atoms with Crippen molar-refractivity contribution in [2.45, 2.75) is 13.0 Å². The molecule has 4 aromatic rings. The lowest BCUT2D eigenvalue weighted by Crippen LogP contribution is -2.38. The van der Waals surface area contributed by atoms with E-state index < -0.39 is 6.04 Å². The molecule has 4 rings (SSSR count). The molecule has 1 atom stereocenters. The Balaban J connectivity index is 1.72. The van der Waals surface area contributed by atoms with Crippen LogP contribution < -0.4 is 15.2 Å². The van der Waals surface area contributed by atoms with Gasteiger partial charge in [-0.15, -0.1) is 0 Å². The molecule has 1 amide bonds. The van der Waals surface area contributed by atoms with Crippen molar-refractivity contribution in [1.82, 2.24) is 9.78 Å². The number of carbonyl (C=O) groups excluding carboxylic acids is 1. The Morgan fingerprint density at radius 2 is 1.41 bits per heavy atom. The molecular formula is C26H23N3O3. The van der Waals surface area contributed by atoms with Crippen molar-refractivity contribution >= 4 is 17.3 Å². The van der Waals surface area contributed by atoms with Crippen LogP contribution >= 0.6 is 0 Å². The van der Waals surface area contributed by atoms with Gasteiger partial charge in [-0.3, -0.25) is 14.5 Å². The molecule has 0 bridgehead atoms. The second-order valence-electron chi connectivity index (χ2n) is 7.25. The minimum absolute atomic E-state index is 0.260. The number of ether oxygens (including phenoxy) is 1. The number of amides is 1. The van der Waals surface area contributed by atoms with E-state index in [1.54, 1.807) is 25.0 Å². The molecule has 0 spiro atoms. The predicted molar refractivity (Wildman–Crippen MR) is 125 cm³/mol. The number of rotatable bonds is 6. The van der Waals surface area contributed by atoms with Crippen LogP contribution in [0.4, 0.5) is 11.4 Å². The third kappa shape index (κ3) is 4.30. The molecule has 0 radical (unpaired) electrons. The fourth-order valence-corrected chi connectivity index (χ4v) is 3.47. The maximum atomic E-state index is 13.6. The topological polar surface area (TPSA) is 64.4 Å². The molecule has 1 heterocycles. The Labute approximate surface area is 186 Å². The summed E-state index contributed by atoms with van der Waals surface area (Å²) in [4.78, 5) is 27.9. The number of methoxy groups -OCH3 is 1. The molecular weight excluding hydrogens is 402 g/mol. The van der Waals surface area contributed by atoms with Crippen LogP contribution in [0.1, 0.15) is 13.0 Å². The molecule has 3 aromatic carbocycles. The summed E-state index contributed by atoms with van der Waals surface area (Å²) < 4.78 is 6.44. The molecule has 0 N–H and O–H groups in total. The highest BCUT2D eigenvalue weighted by Crippen LogP contribution is 2.28. The van der Waals surface area contributed by atoms with Crippen molar-refractivity contribution in [3.63, 3.8) is 0 Å². The van der Waals surface area contributed by atoms with E-state index in [1.165, 1.54) is 10.7 Å². The first-order chi connectivity index (χ1) is 15.6. The zero-order chi connectivity index (χ0) is 22.5. The Bertz CT molecular complexity index is 1210. The average molecular weight is 425 g/mol. The molecule has 6 nitrogen and oxygen atoms in total. The molecule has 32 heavy (non-hydrogen) atoms. The number of hydrogen-bond donors (Lipinski definition) is 0. The molecule has 6 heteroatoms. The van der Waals surface area contributed by atoms with E-state index in [2.05, 4.69) is 5.10 Å². The third-order valence-corrected chi connectivity index (χ3v) is 5.18. The van der Waals surface area contributed by atoms with Crippen LogP contribution in [-0.2, 0) is 4.79 Å². The first kappa shape index (κ1) is 21.1. The second kappa shape index (κ2) is 9.31. The van der Waals surface area contributed by atoms with Gasteiger partial charge in [0.25, 0.3) is 11.5 Å². The van der Waals surface area contributed by atoms with E-state index in [9.17, 15) is 9.59 Å². The standard InChI is InChI=1S/C26H23N3O3/c1-19(26(31)28(21-9-5-3-6-10-21)22-11-7-4-8-12-22)29-25(30)18-17-24(27-29)20-13-15-23(32-2)16-14-20/h3-19H,1-2H3. The summed E-state index contributed by atoms with van der Waals surface area (Å²) in [6, 6.07) is 28.4. The first-order valence-electron chi connectivity index (χ1n) is 10.3. The summed E-state index contributed by atoms with van der Waals surface area (Å²) in [6.45, 7) is 1.69. The fraction of sp³-hybridized carbons (Fsp3) is 0.115. The zero-order valence-electron chi connectivity index (χ0n) is 17.9.